The van der Waals surface area contributed by atoms with Crippen molar-refractivity contribution in [2.24, 2.45) is 23.7 Å². The molecule has 2 aliphatic carbocycles. The molecule has 106 heavy (non-hydrogen) atoms. The largest absolute Gasteiger partial charge is 0.506 e. The number of aromatic hydroxyl groups is 5. The lowest BCUT2D eigenvalue weighted by Crippen LogP contribution is -2.54. The lowest BCUT2D eigenvalue weighted by Gasteiger charge is -2.39. The summed E-state index contributed by atoms with van der Waals surface area (Å²) >= 11 is 0. The smallest absolute Gasteiger partial charge is 0.411 e. The number of alkyl halides is 18. The van der Waals surface area contributed by atoms with Gasteiger partial charge in [-0.3, -0.25) is 28.8 Å². The van der Waals surface area contributed by atoms with Crippen LogP contribution < -0.4 is 30.9 Å². The van der Waals surface area contributed by atoms with Gasteiger partial charge in [-0.15, -0.1) is 0 Å². The second-order valence-corrected chi connectivity index (χ2v) is 24.8. The van der Waals surface area contributed by atoms with Crippen molar-refractivity contribution in [3.05, 3.63) is 226 Å². The zero-order chi connectivity index (χ0) is 79.1. The summed E-state index contributed by atoms with van der Waals surface area (Å²) in [5, 5.41) is 48.7. The van der Waals surface area contributed by atoms with Crippen LogP contribution in [0.25, 0.3) is 0 Å². The summed E-state index contributed by atoms with van der Waals surface area (Å²) in [7, 11) is 0. The predicted octanol–water partition coefficient (Wildman–Crippen LogP) is 16.5. The van der Waals surface area contributed by atoms with Gasteiger partial charge in [-0.1, -0.05) is 48.6 Å². The molecular formula is C71H47F18N5O12. The zero-order valence-corrected chi connectivity index (χ0v) is 53.0. The van der Waals surface area contributed by atoms with E-state index in [-0.39, 0.29) is 66.5 Å². The Morgan fingerprint density at radius 1 is 0.396 bits per heavy atom. The minimum Gasteiger partial charge on any atom is -0.506 e. The van der Waals surface area contributed by atoms with E-state index in [9.17, 15) is 70.4 Å². The number of ether oxygens (including phenoxy) is 1. The highest BCUT2D eigenvalue weighted by Gasteiger charge is 2.75. The summed E-state index contributed by atoms with van der Waals surface area (Å²) in [6.45, 7) is -0.200. The topological polar surface area (TPSA) is 264 Å². The second kappa shape index (κ2) is 26.3. The molecule has 8 aromatic carbocycles. The Bertz CT molecular complexity index is 4900. The standard InChI is InChI=1S/C71H47F18N5O12/c1-63(66(72,73)74,67(75,76)77)38-11-20-50(95)45(27-38)92-59(102)36-3-2-4-37(26-36)60(103)93-48-29-40(13-22-53(48)98)64(68(78,79)80,69(81,82)83)39-12-21-51(96)46(28-39)90-57(100)32-7-16-43(17-8-32)106-44-18-9-33(10-19-44)58(101)91-47-30-41(14-23-52(47)97)65(70(84,85)86,71(87,88)89)42-15-24-54(99)49(31-42)94-61(104)55-34-5-6-35(25-34)56(55)62(94)105/h2-24,26-31,34-35,55-56,95-99H,25H2,1H3,(H,90,100)(H,91,101)(H,92,102)(H,93,103)/i/hD2. The van der Waals surface area contributed by atoms with Crippen LogP contribution in [0.15, 0.2) is 176 Å². The van der Waals surface area contributed by atoms with Crippen LogP contribution >= 0.6 is 0 Å². The Morgan fingerprint density at radius 2 is 0.708 bits per heavy atom. The summed E-state index contributed by atoms with van der Waals surface area (Å²) in [5.74, 6) is -15.0. The summed E-state index contributed by atoms with van der Waals surface area (Å²) in [6.07, 6.45) is -33.6. The Hall–Kier alpha value is -11.9. The molecule has 2 fully saturated rings. The van der Waals surface area contributed by atoms with Gasteiger partial charge < -0.3 is 51.5 Å². The summed E-state index contributed by atoms with van der Waals surface area (Å²) < 4.78 is 291. The summed E-state index contributed by atoms with van der Waals surface area (Å²) in [6, 6.07) is 16.5. The molecule has 0 radical (unpaired) electrons. The maximum atomic E-state index is 15.6. The molecule has 3 aliphatic rings. The number of benzene rings is 8. The quantitative estimate of drug-likeness (QED) is 0.0168. The Morgan fingerprint density at radius 3 is 1.06 bits per heavy atom. The third-order valence-electron chi connectivity index (χ3n) is 18.6. The number of halogens is 18. The molecule has 554 valence electrons. The van der Waals surface area contributed by atoms with E-state index in [1.54, 1.807) is 12.2 Å². The molecule has 1 saturated heterocycles. The number of hydrogen-bond donors (Lipinski definition) is 9. The summed E-state index contributed by atoms with van der Waals surface area (Å²) in [5.41, 5.74) is -29.8. The first-order valence-corrected chi connectivity index (χ1v) is 30.6. The zero-order valence-electron chi connectivity index (χ0n) is 55.0. The molecule has 0 aromatic heterocycles. The number of allylic oxidation sites excluding steroid dienone is 2. The lowest BCUT2D eigenvalue weighted by atomic mass is 9.72. The third kappa shape index (κ3) is 12.8. The van der Waals surface area contributed by atoms with Crippen LogP contribution in [0.4, 0.5) is 107 Å². The van der Waals surface area contributed by atoms with Gasteiger partial charge in [0.05, 0.1) is 40.3 Å². The van der Waals surface area contributed by atoms with Gasteiger partial charge >= 0.3 is 37.1 Å². The van der Waals surface area contributed by atoms with Gasteiger partial charge in [0.1, 0.15) is 40.2 Å². The van der Waals surface area contributed by atoms with E-state index in [2.05, 4.69) is 15.5 Å². The lowest BCUT2D eigenvalue weighted by molar-refractivity contribution is -0.297. The number of carbonyl (C=O) groups is 6. The van der Waals surface area contributed by atoms with Crippen LogP contribution in [-0.4, -0.2) is 101 Å². The van der Waals surface area contributed by atoms with Crippen LogP contribution in [0.1, 0.15) is 82.6 Å². The van der Waals surface area contributed by atoms with Crippen LogP contribution in [0.5, 0.6) is 40.2 Å². The van der Waals surface area contributed by atoms with Crippen molar-refractivity contribution in [2.75, 3.05) is 26.2 Å². The van der Waals surface area contributed by atoms with E-state index < -0.39 is 214 Å². The minimum atomic E-state index is -6.43. The molecule has 1 saturated carbocycles. The van der Waals surface area contributed by atoms with E-state index in [0.29, 0.717) is 65.9 Å². The van der Waals surface area contributed by atoms with Crippen LogP contribution in [0.3, 0.4) is 0 Å². The minimum absolute atomic E-state index is 0.0991. The third-order valence-corrected chi connectivity index (χ3v) is 18.6. The number of anilines is 5. The number of hydrogen-bond acceptors (Lipinski definition) is 12. The molecular weight excluding hydrogens is 1460 g/mol. The van der Waals surface area contributed by atoms with E-state index in [0.717, 1.165) is 66.7 Å². The van der Waals surface area contributed by atoms with Gasteiger partial charge in [-0.2, -0.15) is 79.0 Å². The number of imide groups is 1. The summed E-state index contributed by atoms with van der Waals surface area (Å²) in [4.78, 5) is 81.9. The van der Waals surface area contributed by atoms with Gasteiger partial charge in [-0.05, 0) is 180 Å². The number of carbonyl (C=O) groups excluding carboxylic acids is 6. The Balaban J connectivity index is 0.787. The highest BCUT2D eigenvalue weighted by atomic mass is 19.4. The number of nitrogens with zero attached hydrogens (tertiary/aromatic N) is 1. The second-order valence-electron chi connectivity index (χ2n) is 24.8. The Labute approximate surface area is 585 Å². The number of nitrogens with one attached hydrogen (secondary N) is 4. The molecule has 8 aromatic rings. The fourth-order valence-corrected chi connectivity index (χ4v) is 13.1. The highest BCUT2D eigenvalue weighted by Crippen LogP contribution is 2.61. The molecule has 1 heterocycles. The SMILES string of the molecule is [2H]Oc1ccc(C(c2ccc(O)c(NC(=O)c3ccc(Oc4ccc(C(=O)Nc5cc(C(c6ccc(O)c(N7C(=O)C8C9C=CC(C9)C8C7=O)c6)(C(F)(F)F)C(F)(F)F)ccc5O[2H])cc4)cc3)c2)(C(F)(F)F)C(F)(F)F)cc1NC(=O)c1cccc(C(=O)Nc2cc(C(C)(C(F)(F)F)C(F)(F)F)ccc2O)c1. The van der Waals surface area contributed by atoms with Crippen LogP contribution in [0, 0.1) is 23.7 Å². The number of phenolic OH excluding ortho intramolecular Hbond substituents is 5. The number of rotatable bonds is 18. The molecule has 11 rings (SSSR count). The number of amides is 6. The molecule has 4 unspecified atom stereocenters. The molecule has 35 heteroatoms. The fraction of sp³-hybridized carbons (Fsp3) is 0.211. The average molecular weight is 1510 g/mol. The van der Waals surface area contributed by atoms with E-state index >= 15 is 52.7 Å². The van der Waals surface area contributed by atoms with E-state index in [1.165, 1.54) is 0 Å². The molecule has 4 atom stereocenters. The van der Waals surface area contributed by atoms with Gasteiger partial charge in [0.25, 0.3) is 26.5 Å². The molecule has 9 N–H and O–H groups in total. The van der Waals surface area contributed by atoms with Crippen molar-refractivity contribution in [2.45, 2.75) is 66.6 Å². The van der Waals surface area contributed by atoms with Crippen molar-refractivity contribution < 1.29 is 138 Å². The van der Waals surface area contributed by atoms with Crippen molar-refractivity contribution in [1.29, 1.82) is 2.86 Å². The fourth-order valence-electron chi connectivity index (χ4n) is 13.1. The molecule has 2 bridgehead atoms. The predicted molar refractivity (Wildman–Crippen MR) is 337 cm³/mol. The first-order chi connectivity index (χ1) is 50.3. The number of fused-ring (bicyclic) bond motifs is 5. The van der Waals surface area contributed by atoms with Crippen molar-refractivity contribution >= 4 is 63.9 Å². The molecule has 0 spiro atoms. The van der Waals surface area contributed by atoms with Gasteiger partial charge in [-0.25, -0.2) is 4.90 Å². The van der Waals surface area contributed by atoms with E-state index in [1.807, 2.05) is 16.0 Å². The van der Waals surface area contributed by atoms with Crippen LogP contribution in [-0.2, 0) is 25.8 Å². The van der Waals surface area contributed by atoms with Crippen molar-refractivity contribution in [1.82, 2.24) is 0 Å². The van der Waals surface area contributed by atoms with E-state index in [4.69, 9.17) is 7.60 Å². The monoisotopic (exact) mass is 1510 g/mol. The van der Waals surface area contributed by atoms with Gasteiger partial charge in [0, 0.05) is 22.3 Å². The highest BCUT2D eigenvalue weighted by molar-refractivity contribution is 6.23. The maximum Gasteiger partial charge on any atom is 0.411 e. The van der Waals surface area contributed by atoms with Crippen LogP contribution in [0.2, 0.25) is 0 Å². The van der Waals surface area contributed by atoms with Crippen molar-refractivity contribution in [3.8, 4) is 40.2 Å². The van der Waals surface area contributed by atoms with Gasteiger partial charge in [0.15, 0.2) is 5.41 Å². The van der Waals surface area contributed by atoms with Crippen molar-refractivity contribution in [3.63, 3.8) is 0 Å². The molecule has 6 amide bonds. The molecule has 17 nitrogen and oxygen atoms in total. The maximum absolute atomic E-state index is 15.6. The first kappa shape index (κ1) is 72.4. The number of phenols is 5. The average Bonchev–Trinajstić information content (AvgIpc) is 1.04. The normalized spacial score (nSPS) is 17.3. The molecule has 1 aliphatic heterocycles. The first-order valence-electron chi connectivity index (χ1n) is 31.4. The van der Waals surface area contributed by atoms with Gasteiger partial charge in [0.2, 0.25) is 22.6 Å². The Kier molecular flexibility index (Phi) is 18.0.